The maximum atomic E-state index is 13.1. The lowest BCUT2D eigenvalue weighted by Crippen LogP contribution is -2.04. The van der Waals surface area contributed by atoms with Gasteiger partial charge in [-0.05, 0) is 35.7 Å². The van der Waals surface area contributed by atoms with Crippen LogP contribution < -0.4 is 0 Å². The van der Waals surface area contributed by atoms with E-state index in [0.717, 1.165) is 28.1 Å². The van der Waals surface area contributed by atoms with Crippen LogP contribution in [0.2, 0.25) is 0 Å². The van der Waals surface area contributed by atoms with Gasteiger partial charge < -0.3 is 0 Å². The smallest absolute Gasteiger partial charge is 0.140 e. The quantitative estimate of drug-likeness (QED) is 0.507. The van der Waals surface area contributed by atoms with Crippen molar-refractivity contribution in [2.45, 2.75) is 6.54 Å². The Morgan fingerprint density at radius 3 is 2.15 bits per heavy atom. The number of nitrogens with zero attached hydrogens (tertiary/aromatic N) is 3. The molecule has 4 heteroatoms. The summed E-state index contributed by atoms with van der Waals surface area (Å²) in [6.45, 7) is 0.577. The van der Waals surface area contributed by atoms with E-state index in [1.807, 2.05) is 60.7 Å². The predicted molar refractivity (Wildman–Crippen MR) is 103 cm³/mol. The summed E-state index contributed by atoms with van der Waals surface area (Å²) in [4.78, 5) is 0. The van der Waals surface area contributed by atoms with Gasteiger partial charge in [-0.2, -0.15) is 0 Å². The topological polar surface area (TPSA) is 30.7 Å². The average Bonchev–Trinajstić information content (AvgIpc) is 3.11. The van der Waals surface area contributed by atoms with Gasteiger partial charge in [0.15, 0.2) is 0 Å². The minimum Gasteiger partial charge on any atom is -0.232 e. The number of hydrogen-bond donors (Lipinski definition) is 0. The van der Waals surface area contributed by atoms with Gasteiger partial charge in [0.1, 0.15) is 17.2 Å². The maximum Gasteiger partial charge on any atom is 0.140 e. The van der Waals surface area contributed by atoms with E-state index in [1.54, 1.807) is 16.8 Å². The Morgan fingerprint density at radius 2 is 1.44 bits per heavy atom. The molecule has 0 atom stereocenters. The fourth-order valence-electron chi connectivity index (χ4n) is 2.76. The number of benzene rings is 3. The van der Waals surface area contributed by atoms with E-state index in [2.05, 4.69) is 22.2 Å². The third kappa shape index (κ3) is 3.94. The molecule has 4 aromatic rings. The fraction of sp³-hybridized carbons (Fsp3) is 0.0435. The lowest BCUT2D eigenvalue weighted by molar-refractivity contribution is 0.627. The van der Waals surface area contributed by atoms with Gasteiger partial charge in [0.25, 0.3) is 0 Å². The summed E-state index contributed by atoms with van der Waals surface area (Å²) in [5, 5.41) is 8.68. The molecule has 0 unspecified atom stereocenters. The summed E-state index contributed by atoms with van der Waals surface area (Å²) in [7, 11) is 0. The van der Waals surface area contributed by atoms with E-state index < -0.39 is 0 Å². The molecule has 4 rings (SSSR count). The van der Waals surface area contributed by atoms with Crippen LogP contribution in [0.15, 0.2) is 84.9 Å². The molecule has 0 spiro atoms. The molecule has 0 saturated heterocycles. The molecule has 3 nitrogen and oxygen atoms in total. The van der Waals surface area contributed by atoms with Gasteiger partial charge in [-0.15, -0.1) is 5.10 Å². The normalized spacial score (nSPS) is 10.3. The molecule has 0 bridgehead atoms. The fourth-order valence-corrected chi connectivity index (χ4v) is 2.76. The van der Waals surface area contributed by atoms with Gasteiger partial charge >= 0.3 is 0 Å². The SMILES string of the molecule is Fc1ccc(C#Cc2c(-c3ccccc3)nnn2Cc2ccccc2)cc1. The molecule has 27 heavy (non-hydrogen) atoms. The van der Waals surface area contributed by atoms with Crippen LogP contribution in [0.25, 0.3) is 11.3 Å². The Hall–Kier alpha value is -3.71. The first kappa shape index (κ1) is 16.7. The van der Waals surface area contributed by atoms with Crippen LogP contribution in [0, 0.1) is 17.7 Å². The largest absolute Gasteiger partial charge is 0.232 e. The highest BCUT2D eigenvalue weighted by Crippen LogP contribution is 2.21. The minimum atomic E-state index is -0.277. The maximum absolute atomic E-state index is 13.1. The zero-order valence-electron chi connectivity index (χ0n) is 14.5. The molecule has 0 fully saturated rings. The number of halogens is 1. The molecule has 1 heterocycles. The molecule has 130 valence electrons. The zero-order chi connectivity index (χ0) is 18.5. The summed E-state index contributed by atoms with van der Waals surface area (Å²) in [6, 6.07) is 26.0. The van der Waals surface area contributed by atoms with E-state index in [4.69, 9.17) is 0 Å². The first-order chi connectivity index (χ1) is 13.3. The first-order valence-corrected chi connectivity index (χ1v) is 8.60. The van der Waals surface area contributed by atoms with Crippen molar-refractivity contribution in [1.29, 1.82) is 0 Å². The van der Waals surface area contributed by atoms with Crippen molar-refractivity contribution in [1.82, 2.24) is 15.0 Å². The Kier molecular flexibility index (Phi) is 4.76. The van der Waals surface area contributed by atoms with Crippen molar-refractivity contribution in [3.05, 3.63) is 108 Å². The monoisotopic (exact) mass is 353 g/mol. The molecule has 0 amide bonds. The Bertz CT molecular complexity index is 1090. The van der Waals surface area contributed by atoms with Crippen LogP contribution in [0.4, 0.5) is 4.39 Å². The number of aromatic nitrogens is 3. The molecular weight excluding hydrogens is 337 g/mol. The summed E-state index contributed by atoms with van der Waals surface area (Å²) in [6.07, 6.45) is 0. The number of rotatable bonds is 3. The first-order valence-electron chi connectivity index (χ1n) is 8.60. The van der Waals surface area contributed by atoms with Crippen LogP contribution in [0.5, 0.6) is 0 Å². The molecule has 0 aliphatic rings. The van der Waals surface area contributed by atoms with Gasteiger partial charge in [-0.25, -0.2) is 9.07 Å². The van der Waals surface area contributed by atoms with E-state index in [1.165, 1.54) is 12.1 Å². The molecule has 0 saturated carbocycles. The molecule has 1 aromatic heterocycles. The second kappa shape index (κ2) is 7.67. The van der Waals surface area contributed by atoms with Gasteiger partial charge in [-0.3, -0.25) is 0 Å². The Morgan fingerprint density at radius 1 is 0.778 bits per heavy atom. The summed E-state index contributed by atoms with van der Waals surface area (Å²) < 4.78 is 14.9. The Balaban J connectivity index is 1.76. The van der Waals surface area contributed by atoms with Crippen LogP contribution in [-0.2, 0) is 6.54 Å². The molecule has 0 N–H and O–H groups in total. The molecular formula is C23H16FN3. The van der Waals surface area contributed by atoms with Crippen molar-refractivity contribution < 1.29 is 4.39 Å². The second-order valence-electron chi connectivity index (χ2n) is 6.05. The predicted octanol–water partition coefficient (Wildman–Crippen LogP) is 4.53. The molecule has 0 aliphatic carbocycles. The average molecular weight is 353 g/mol. The third-order valence-corrected chi connectivity index (χ3v) is 4.13. The van der Waals surface area contributed by atoms with Crippen LogP contribution in [0.3, 0.4) is 0 Å². The van der Waals surface area contributed by atoms with E-state index in [-0.39, 0.29) is 5.82 Å². The highest BCUT2D eigenvalue weighted by molar-refractivity contribution is 5.65. The standard InChI is InChI=1S/C23H16FN3/c24-21-14-11-18(12-15-21)13-16-22-23(20-9-5-2-6-10-20)25-26-27(22)17-19-7-3-1-4-8-19/h1-12,14-15H,17H2. The summed E-state index contributed by atoms with van der Waals surface area (Å²) in [5.74, 6) is 6.00. The molecule has 3 aromatic carbocycles. The Labute approximate surface area is 157 Å². The van der Waals surface area contributed by atoms with Crippen molar-refractivity contribution >= 4 is 0 Å². The van der Waals surface area contributed by atoms with Crippen molar-refractivity contribution in [3.8, 4) is 23.1 Å². The van der Waals surface area contributed by atoms with Gasteiger partial charge in [0.05, 0.1) is 6.54 Å². The van der Waals surface area contributed by atoms with Crippen LogP contribution in [0.1, 0.15) is 16.8 Å². The second-order valence-corrected chi connectivity index (χ2v) is 6.05. The summed E-state index contributed by atoms with van der Waals surface area (Å²) in [5.41, 5.74) is 4.28. The van der Waals surface area contributed by atoms with Gasteiger partial charge in [-0.1, -0.05) is 71.8 Å². The lowest BCUT2D eigenvalue weighted by Gasteiger charge is -2.03. The van der Waals surface area contributed by atoms with E-state index in [0.29, 0.717) is 6.54 Å². The van der Waals surface area contributed by atoms with Crippen molar-refractivity contribution in [3.63, 3.8) is 0 Å². The number of hydrogen-bond acceptors (Lipinski definition) is 2. The lowest BCUT2D eigenvalue weighted by atomic mass is 10.1. The minimum absolute atomic E-state index is 0.277. The highest BCUT2D eigenvalue weighted by atomic mass is 19.1. The van der Waals surface area contributed by atoms with Gasteiger partial charge in [0.2, 0.25) is 0 Å². The van der Waals surface area contributed by atoms with Crippen LogP contribution in [-0.4, -0.2) is 15.0 Å². The zero-order valence-corrected chi connectivity index (χ0v) is 14.5. The molecule has 0 aliphatic heterocycles. The highest BCUT2D eigenvalue weighted by Gasteiger charge is 2.13. The van der Waals surface area contributed by atoms with Gasteiger partial charge in [0, 0.05) is 11.1 Å². The van der Waals surface area contributed by atoms with Crippen LogP contribution >= 0.6 is 0 Å². The van der Waals surface area contributed by atoms with Crippen molar-refractivity contribution in [2.75, 3.05) is 0 Å². The van der Waals surface area contributed by atoms with Crippen molar-refractivity contribution in [2.24, 2.45) is 0 Å². The van der Waals surface area contributed by atoms with E-state index >= 15 is 0 Å². The summed E-state index contributed by atoms with van der Waals surface area (Å²) >= 11 is 0. The third-order valence-electron chi connectivity index (χ3n) is 4.13. The molecule has 0 radical (unpaired) electrons. The van der Waals surface area contributed by atoms with E-state index in [9.17, 15) is 4.39 Å².